The summed E-state index contributed by atoms with van der Waals surface area (Å²) in [6.45, 7) is 4.28. The molecule has 0 saturated heterocycles. The van der Waals surface area contributed by atoms with Crippen LogP contribution >= 0.6 is 0 Å². The van der Waals surface area contributed by atoms with Crippen molar-refractivity contribution in [1.29, 1.82) is 0 Å². The van der Waals surface area contributed by atoms with Crippen molar-refractivity contribution >= 4 is 0 Å². The van der Waals surface area contributed by atoms with Gasteiger partial charge in [0.05, 0.1) is 11.2 Å². The van der Waals surface area contributed by atoms with E-state index in [0.29, 0.717) is 0 Å². The Morgan fingerprint density at radius 2 is 2.00 bits per heavy atom. The predicted octanol–water partition coefficient (Wildman–Crippen LogP) is 1.99. The van der Waals surface area contributed by atoms with Crippen LogP contribution in [-0.4, -0.2) is 14.8 Å². The van der Waals surface area contributed by atoms with Gasteiger partial charge in [-0.05, 0) is 32.0 Å². The fourth-order valence-corrected chi connectivity index (χ4v) is 1.44. The largest absolute Gasteiger partial charge is 0.343 e. The normalized spacial score (nSPS) is 11.8. The first-order valence-corrected chi connectivity index (χ1v) is 4.35. The lowest BCUT2D eigenvalue weighted by molar-refractivity contribution is 0.424. The molecule has 0 atom stereocenters. The topological polar surface area (TPSA) is 33.6 Å². The third-order valence-electron chi connectivity index (χ3n) is 2.38. The van der Waals surface area contributed by atoms with E-state index in [9.17, 15) is 0 Å². The van der Waals surface area contributed by atoms with Gasteiger partial charge in [-0.2, -0.15) is 5.10 Å². The molecule has 2 rings (SSSR count). The monoisotopic (exact) mass is 175 g/mol. The smallest absolute Gasteiger partial charge is 0.0875 e. The lowest BCUT2D eigenvalue weighted by Crippen LogP contribution is -2.26. The highest BCUT2D eigenvalue weighted by atomic mass is 15.1. The molecule has 0 radical (unpaired) electrons. The molecule has 68 valence electrons. The first-order chi connectivity index (χ1) is 6.21. The second-order valence-corrected chi connectivity index (χ2v) is 3.61. The van der Waals surface area contributed by atoms with Crippen LogP contribution in [0, 0.1) is 0 Å². The lowest BCUT2D eigenvalue weighted by Gasteiger charge is -2.24. The molecule has 0 saturated carbocycles. The molecule has 0 aliphatic rings. The van der Waals surface area contributed by atoms with Crippen LogP contribution in [0.3, 0.4) is 0 Å². The third kappa shape index (κ3) is 1.26. The van der Waals surface area contributed by atoms with E-state index in [1.165, 1.54) is 0 Å². The minimum Gasteiger partial charge on any atom is -0.343 e. The molecule has 0 amide bonds. The zero-order valence-electron chi connectivity index (χ0n) is 7.86. The van der Waals surface area contributed by atoms with Gasteiger partial charge in [-0.3, -0.25) is 5.10 Å². The van der Waals surface area contributed by atoms with E-state index in [0.717, 1.165) is 5.69 Å². The number of hydrogen-bond acceptors (Lipinski definition) is 1. The zero-order chi connectivity index (χ0) is 9.31. The van der Waals surface area contributed by atoms with Crippen molar-refractivity contribution in [2.75, 3.05) is 0 Å². The van der Waals surface area contributed by atoms with Gasteiger partial charge < -0.3 is 4.57 Å². The number of rotatable bonds is 2. The lowest BCUT2D eigenvalue weighted by atomic mass is 10.0. The Kier molecular flexibility index (Phi) is 1.72. The van der Waals surface area contributed by atoms with E-state index in [1.807, 2.05) is 24.4 Å². The van der Waals surface area contributed by atoms with Crippen molar-refractivity contribution in [2.24, 2.45) is 0 Å². The summed E-state index contributed by atoms with van der Waals surface area (Å²) >= 11 is 0. The molecule has 0 aliphatic heterocycles. The number of hydrogen-bond donors (Lipinski definition) is 1. The van der Waals surface area contributed by atoms with E-state index >= 15 is 0 Å². The van der Waals surface area contributed by atoms with Crippen LogP contribution in [0.2, 0.25) is 0 Å². The van der Waals surface area contributed by atoms with Crippen LogP contribution < -0.4 is 0 Å². The number of aromatic nitrogens is 3. The number of aromatic amines is 1. The molecule has 0 bridgehead atoms. The Labute approximate surface area is 77.4 Å². The maximum atomic E-state index is 4.20. The van der Waals surface area contributed by atoms with E-state index in [1.54, 1.807) is 0 Å². The molecule has 2 aromatic rings. The highest BCUT2D eigenvalue weighted by Gasteiger charge is 2.23. The van der Waals surface area contributed by atoms with Gasteiger partial charge in [0.2, 0.25) is 0 Å². The average molecular weight is 175 g/mol. The summed E-state index contributed by atoms with van der Waals surface area (Å²) in [5, 5.41) is 7.03. The van der Waals surface area contributed by atoms with Gasteiger partial charge in [0.25, 0.3) is 0 Å². The number of nitrogens with zero attached hydrogens (tertiary/aromatic N) is 2. The summed E-state index contributed by atoms with van der Waals surface area (Å²) in [6, 6.07) is 6.04. The Hall–Kier alpha value is -1.51. The molecule has 2 heterocycles. The van der Waals surface area contributed by atoms with Crippen LogP contribution in [0.1, 0.15) is 19.5 Å². The Morgan fingerprint density at radius 1 is 1.31 bits per heavy atom. The zero-order valence-corrected chi connectivity index (χ0v) is 7.86. The average Bonchev–Trinajstić information content (AvgIpc) is 2.78. The quantitative estimate of drug-likeness (QED) is 0.744. The molecule has 2 aromatic heterocycles. The maximum absolute atomic E-state index is 4.20. The van der Waals surface area contributed by atoms with Gasteiger partial charge in [0.15, 0.2) is 0 Å². The van der Waals surface area contributed by atoms with E-state index < -0.39 is 0 Å². The van der Waals surface area contributed by atoms with Crippen molar-refractivity contribution in [3.8, 4) is 0 Å². The highest BCUT2D eigenvalue weighted by molar-refractivity contribution is 5.14. The van der Waals surface area contributed by atoms with Gasteiger partial charge in [0.1, 0.15) is 0 Å². The molecular formula is C10H13N3. The van der Waals surface area contributed by atoms with Gasteiger partial charge in [0, 0.05) is 18.6 Å². The standard InChI is InChI=1S/C10H13N3/c1-10(2,9-5-6-11-12-9)13-7-3-4-8-13/h3-8H,1-2H3,(H,11,12). The molecule has 13 heavy (non-hydrogen) atoms. The SMILES string of the molecule is CC(C)(c1cc[nH]n1)n1cccc1. The summed E-state index contributed by atoms with van der Waals surface area (Å²) < 4.78 is 2.14. The molecule has 0 spiro atoms. The first-order valence-electron chi connectivity index (χ1n) is 4.35. The number of H-pyrrole nitrogens is 1. The minimum atomic E-state index is -0.0799. The Bertz CT molecular complexity index is 321. The molecule has 1 N–H and O–H groups in total. The summed E-state index contributed by atoms with van der Waals surface area (Å²) in [7, 11) is 0. The van der Waals surface area contributed by atoms with Crippen molar-refractivity contribution in [3.63, 3.8) is 0 Å². The summed E-state index contributed by atoms with van der Waals surface area (Å²) in [4.78, 5) is 0. The summed E-state index contributed by atoms with van der Waals surface area (Å²) in [5.74, 6) is 0. The van der Waals surface area contributed by atoms with Crippen molar-refractivity contribution in [3.05, 3.63) is 42.5 Å². The molecule has 3 nitrogen and oxygen atoms in total. The molecule has 3 heteroatoms. The second kappa shape index (κ2) is 2.76. The fourth-order valence-electron chi connectivity index (χ4n) is 1.44. The van der Waals surface area contributed by atoms with Crippen LogP contribution in [0.25, 0.3) is 0 Å². The highest BCUT2D eigenvalue weighted by Crippen LogP contribution is 2.22. The molecule has 0 unspecified atom stereocenters. The summed E-state index contributed by atoms with van der Waals surface area (Å²) in [5.41, 5.74) is 0.965. The van der Waals surface area contributed by atoms with Gasteiger partial charge in [-0.25, -0.2) is 0 Å². The van der Waals surface area contributed by atoms with Crippen molar-refractivity contribution in [2.45, 2.75) is 19.4 Å². The molecular weight excluding hydrogens is 162 g/mol. The van der Waals surface area contributed by atoms with Crippen LogP contribution in [0.5, 0.6) is 0 Å². The van der Waals surface area contributed by atoms with Gasteiger partial charge >= 0.3 is 0 Å². The van der Waals surface area contributed by atoms with Crippen molar-refractivity contribution < 1.29 is 0 Å². The van der Waals surface area contributed by atoms with Crippen LogP contribution in [-0.2, 0) is 5.54 Å². The van der Waals surface area contributed by atoms with E-state index in [2.05, 4.69) is 41.0 Å². The maximum Gasteiger partial charge on any atom is 0.0875 e. The van der Waals surface area contributed by atoms with Gasteiger partial charge in [-0.15, -0.1) is 0 Å². The number of nitrogens with one attached hydrogen (secondary N) is 1. The van der Waals surface area contributed by atoms with Crippen LogP contribution in [0.4, 0.5) is 0 Å². The van der Waals surface area contributed by atoms with Crippen molar-refractivity contribution in [1.82, 2.24) is 14.8 Å². The Balaban J connectivity index is 2.42. The summed E-state index contributed by atoms with van der Waals surface area (Å²) in [6.07, 6.45) is 5.95. The molecule has 0 aromatic carbocycles. The molecule has 0 fully saturated rings. The first kappa shape index (κ1) is 8.10. The van der Waals surface area contributed by atoms with Crippen LogP contribution in [0.15, 0.2) is 36.8 Å². The minimum absolute atomic E-state index is 0.0799. The fraction of sp³-hybridized carbons (Fsp3) is 0.300. The third-order valence-corrected chi connectivity index (χ3v) is 2.38. The van der Waals surface area contributed by atoms with E-state index in [-0.39, 0.29) is 5.54 Å². The predicted molar refractivity (Wildman–Crippen MR) is 51.4 cm³/mol. The van der Waals surface area contributed by atoms with E-state index in [4.69, 9.17) is 0 Å². The second-order valence-electron chi connectivity index (χ2n) is 3.61. The Morgan fingerprint density at radius 3 is 2.54 bits per heavy atom. The molecule has 0 aliphatic carbocycles. The van der Waals surface area contributed by atoms with Gasteiger partial charge in [-0.1, -0.05) is 0 Å².